The summed E-state index contributed by atoms with van der Waals surface area (Å²) in [5, 5.41) is -3.48. The third kappa shape index (κ3) is 5.21. The summed E-state index contributed by atoms with van der Waals surface area (Å²) in [7, 11) is -36.6. The van der Waals surface area contributed by atoms with Gasteiger partial charge in [0.1, 0.15) is 29.4 Å². The third-order valence-electron chi connectivity index (χ3n) is 3.78. The number of hydrogen-bond acceptors (Lipinski definition) is 12. The fourth-order valence-electron chi connectivity index (χ4n) is 2.77. The van der Waals surface area contributed by atoms with Crippen LogP contribution in [0, 0.1) is 0 Å². The van der Waals surface area contributed by atoms with Crippen LogP contribution in [0.25, 0.3) is 10.8 Å². The van der Waals surface area contributed by atoms with Crippen LogP contribution in [-0.2, 0) is 60.7 Å². The first-order valence-electron chi connectivity index (χ1n) is 7.22. The second kappa shape index (κ2) is 7.83. The van der Waals surface area contributed by atoms with E-state index in [1.807, 2.05) is 0 Å². The van der Waals surface area contributed by atoms with Gasteiger partial charge in [0, 0.05) is 10.8 Å². The largest absolute Gasteiger partial charge is 0.297 e. The van der Waals surface area contributed by atoms with Gasteiger partial charge in [-0.3, -0.25) is 27.3 Å². The zero-order valence-electron chi connectivity index (χ0n) is 15.2. The average Bonchev–Trinajstić information content (AvgIpc) is 2.53. The van der Waals surface area contributed by atoms with Crippen LogP contribution < -0.4 is 0 Å². The molecule has 24 heteroatoms. The first kappa shape index (κ1) is 28.4. The second-order valence-corrected chi connectivity index (χ2v) is 14.2. The smallest absolute Gasteiger partial charge is 0.282 e. The molecule has 0 saturated carbocycles. The molecule has 2 rings (SSSR count). The first-order chi connectivity index (χ1) is 14.7. The molecule has 18 nitrogen and oxygen atoms in total. The van der Waals surface area contributed by atoms with Crippen molar-refractivity contribution < 1.29 is 77.8 Å². The highest BCUT2D eigenvalue weighted by Gasteiger charge is 2.42. The summed E-state index contributed by atoms with van der Waals surface area (Å²) >= 11 is 0. The lowest BCUT2D eigenvalue weighted by atomic mass is 10.1. The van der Waals surface area contributed by atoms with Crippen molar-refractivity contribution in [3.8, 4) is 0 Å². The van der Waals surface area contributed by atoms with Crippen LogP contribution >= 0.6 is 0 Å². The zero-order chi connectivity index (χ0) is 27.0. The van der Waals surface area contributed by atoms with Gasteiger partial charge in [-0.15, -0.1) is 0 Å². The van der Waals surface area contributed by atoms with Gasteiger partial charge in [0.25, 0.3) is 60.7 Å². The Bertz CT molecular complexity index is 1770. The third-order valence-corrected chi connectivity index (χ3v) is 9.81. The summed E-state index contributed by atoms with van der Waals surface area (Å²) in [6, 6.07) is -0.706. The SMILES string of the molecule is O=S(=O)(O)c1cc2c(S(=O)(=O)O)c(S(=O)(=O)O)c(S(=O)(=O)O)c(S(=O)(=O)O)c2cc1S(=O)(=O)O. The molecule has 6 N–H and O–H groups in total. The van der Waals surface area contributed by atoms with Crippen LogP contribution in [-0.4, -0.2) is 77.8 Å². The maximum absolute atomic E-state index is 11.9. The monoisotopic (exact) mass is 608 g/mol. The van der Waals surface area contributed by atoms with Gasteiger partial charge in [-0.1, -0.05) is 0 Å². The van der Waals surface area contributed by atoms with E-state index in [-0.39, 0.29) is 12.1 Å². The van der Waals surface area contributed by atoms with Crippen molar-refractivity contribution >= 4 is 71.5 Å². The minimum absolute atomic E-state index is 0.353. The van der Waals surface area contributed by atoms with E-state index in [4.69, 9.17) is 0 Å². The maximum atomic E-state index is 11.9. The predicted octanol–water partition coefficient (Wildman–Crippen LogP) is -1.68. The highest BCUT2D eigenvalue weighted by atomic mass is 32.2. The van der Waals surface area contributed by atoms with Gasteiger partial charge in [-0.2, -0.15) is 50.5 Å². The van der Waals surface area contributed by atoms with E-state index in [2.05, 4.69) is 0 Å². The molecule has 192 valence electrons. The molecule has 0 aliphatic heterocycles. The molecule has 0 atom stereocenters. The maximum Gasteiger partial charge on any atom is 0.297 e. The van der Waals surface area contributed by atoms with E-state index in [0.29, 0.717) is 0 Å². The Balaban J connectivity index is 3.82. The molecule has 2 aromatic rings. The van der Waals surface area contributed by atoms with Crippen molar-refractivity contribution in [2.24, 2.45) is 0 Å². The molecule has 34 heavy (non-hydrogen) atoms. The van der Waals surface area contributed by atoms with Crippen LogP contribution in [0.3, 0.4) is 0 Å². The number of rotatable bonds is 6. The Kier molecular flexibility index (Phi) is 6.54. The van der Waals surface area contributed by atoms with Gasteiger partial charge < -0.3 is 0 Å². The number of hydrogen-bond donors (Lipinski definition) is 6. The van der Waals surface area contributed by atoms with Crippen LogP contribution in [0.1, 0.15) is 0 Å². The molecule has 0 aliphatic carbocycles. The van der Waals surface area contributed by atoms with Gasteiger partial charge in [0.2, 0.25) is 0 Å². The normalized spacial score (nSPS) is 14.4. The van der Waals surface area contributed by atoms with Crippen molar-refractivity contribution in [1.29, 1.82) is 0 Å². The standard InChI is InChI=1S/C10H8O18S6/c11-29(12,13)5-1-3-4(2-6(5)30(14,15)16)8(32(20,21)22)10(34(26,27)28)9(33(23,24)25)7(3)31(17,18)19/h1-2H,(H,11,12,13)(H,14,15,16)(H,17,18,19)(H,20,21,22)(H,23,24,25)(H,26,27,28). The first-order valence-corrected chi connectivity index (χ1v) is 15.9. The Labute approximate surface area is 190 Å². The van der Waals surface area contributed by atoms with Gasteiger partial charge in [0.05, 0.1) is 0 Å². The van der Waals surface area contributed by atoms with E-state index >= 15 is 0 Å². The average molecular weight is 609 g/mol. The summed E-state index contributed by atoms with van der Waals surface area (Å²) in [5.74, 6) is 0. The van der Waals surface area contributed by atoms with E-state index < -0.39 is 101 Å². The molecule has 0 aromatic heterocycles. The highest BCUT2D eigenvalue weighted by Crippen LogP contribution is 2.43. The molecular formula is C10H8O18S6. The molecule has 0 bridgehead atoms. The van der Waals surface area contributed by atoms with Crippen molar-refractivity contribution in [2.75, 3.05) is 0 Å². The van der Waals surface area contributed by atoms with Gasteiger partial charge in [0.15, 0.2) is 0 Å². The summed E-state index contributed by atoms with van der Waals surface area (Å²) in [4.78, 5) is -13.8. The molecule has 0 unspecified atom stereocenters. The Morgan fingerprint density at radius 1 is 0.353 bits per heavy atom. The van der Waals surface area contributed by atoms with Crippen molar-refractivity contribution in [2.45, 2.75) is 29.4 Å². The number of fused-ring (bicyclic) bond motifs is 1. The van der Waals surface area contributed by atoms with Gasteiger partial charge in [-0.05, 0) is 12.1 Å². The molecule has 0 spiro atoms. The Morgan fingerprint density at radius 2 is 0.559 bits per heavy atom. The lowest BCUT2D eigenvalue weighted by Crippen LogP contribution is -2.20. The van der Waals surface area contributed by atoms with E-state index in [1.54, 1.807) is 0 Å². The molecule has 0 aliphatic rings. The molecular weight excluding hydrogens is 600 g/mol. The quantitative estimate of drug-likeness (QED) is 0.199. The minimum Gasteiger partial charge on any atom is -0.282 e. The molecule has 2 aromatic carbocycles. The van der Waals surface area contributed by atoms with Crippen molar-refractivity contribution in [1.82, 2.24) is 0 Å². The number of benzene rings is 2. The lowest BCUT2D eigenvalue weighted by Gasteiger charge is -2.18. The second-order valence-electron chi connectivity index (χ2n) is 6.01. The summed E-state index contributed by atoms with van der Waals surface area (Å²) < 4.78 is 197. The molecule has 0 saturated heterocycles. The Morgan fingerprint density at radius 3 is 0.706 bits per heavy atom. The van der Waals surface area contributed by atoms with Crippen LogP contribution in [0.5, 0.6) is 0 Å². The van der Waals surface area contributed by atoms with E-state index in [9.17, 15) is 77.8 Å². The summed E-state index contributed by atoms with van der Waals surface area (Å²) in [6.45, 7) is 0. The van der Waals surface area contributed by atoms with Gasteiger partial charge in [-0.25, -0.2) is 0 Å². The fourth-order valence-corrected chi connectivity index (χ4v) is 9.51. The summed E-state index contributed by atoms with van der Waals surface area (Å²) in [5.41, 5.74) is 0. The lowest BCUT2D eigenvalue weighted by molar-refractivity contribution is 0.449. The van der Waals surface area contributed by atoms with E-state index in [0.717, 1.165) is 0 Å². The van der Waals surface area contributed by atoms with Crippen LogP contribution in [0.2, 0.25) is 0 Å². The highest BCUT2D eigenvalue weighted by molar-refractivity contribution is 7.92. The zero-order valence-corrected chi connectivity index (χ0v) is 20.1. The van der Waals surface area contributed by atoms with Crippen molar-refractivity contribution in [3.05, 3.63) is 12.1 Å². The molecule has 0 fully saturated rings. The predicted molar refractivity (Wildman–Crippen MR) is 103 cm³/mol. The molecule has 0 heterocycles. The Hall–Kier alpha value is -1.84. The molecule has 0 amide bonds. The topological polar surface area (TPSA) is 326 Å². The van der Waals surface area contributed by atoms with Gasteiger partial charge >= 0.3 is 0 Å². The molecule has 0 radical (unpaired) electrons. The van der Waals surface area contributed by atoms with Crippen LogP contribution in [0.15, 0.2) is 41.5 Å². The van der Waals surface area contributed by atoms with Crippen LogP contribution in [0.4, 0.5) is 0 Å². The summed E-state index contributed by atoms with van der Waals surface area (Å²) in [6.07, 6.45) is 0. The minimum atomic E-state index is -6.32. The van der Waals surface area contributed by atoms with E-state index in [1.165, 1.54) is 0 Å². The fraction of sp³-hybridized carbons (Fsp3) is 0. The van der Waals surface area contributed by atoms with Crippen molar-refractivity contribution in [3.63, 3.8) is 0 Å².